The van der Waals surface area contributed by atoms with Crippen LogP contribution in [0.5, 0.6) is 0 Å². The first-order valence-electron chi connectivity index (χ1n) is 11.0. The van der Waals surface area contributed by atoms with Gasteiger partial charge in [-0.25, -0.2) is 14.5 Å². The van der Waals surface area contributed by atoms with Gasteiger partial charge in [0, 0.05) is 16.5 Å². The van der Waals surface area contributed by atoms with E-state index < -0.39 is 5.97 Å². The number of aromatic amines is 1. The van der Waals surface area contributed by atoms with Crippen LogP contribution in [-0.4, -0.2) is 54.0 Å². The average molecular weight is 438 g/mol. The van der Waals surface area contributed by atoms with Gasteiger partial charge < -0.3 is 5.11 Å². The van der Waals surface area contributed by atoms with Crippen LogP contribution in [0.2, 0.25) is 0 Å². The first-order valence-corrected chi connectivity index (χ1v) is 11.0. The molecular weight excluding hydrogens is 416 g/mol. The van der Waals surface area contributed by atoms with E-state index in [-0.39, 0.29) is 5.56 Å². The minimum Gasteiger partial charge on any atom is -0.478 e. The summed E-state index contributed by atoms with van der Waals surface area (Å²) in [6, 6.07) is 17.3. The normalized spacial score (nSPS) is 14.4. The second kappa shape index (κ2) is 7.83. The van der Waals surface area contributed by atoms with Crippen molar-refractivity contribution in [1.29, 1.82) is 0 Å². The third-order valence-corrected chi connectivity index (χ3v) is 6.33. The highest BCUT2D eigenvalue weighted by Crippen LogP contribution is 2.32. The number of rotatable bonds is 5. The molecule has 0 saturated carbocycles. The minimum atomic E-state index is -0.926. The zero-order valence-electron chi connectivity index (χ0n) is 17.9. The Morgan fingerprint density at radius 3 is 2.61 bits per heavy atom. The van der Waals surface area contributed by atoms with Crippen molar-refractivity contribution in [1.82, 2.24) is 29.9 Å². The second-order valence-corrected chi connectivity index (χ2v) is 8.46. The molecule has 8 heteroatoms. The van der Waals surface area contributed by atoms with Gasteiger partial charge in [0.25, 0.3) is 0 Å². The number of carbonyl (C=O) groups is 1. The molecule has 0 unspecified atom stereocenters. The van der Waals surface area contributed by atoms with Crippen LogP contribution < -0.4 is 0 Å². The predicted octanol–water partition coefficient (Wildman–Crippen LogP) is 4.39. The fourth-order valence-corrected chi connectivity index (χ4v) is 4.60. The number of fused-ring (bicyclic) bond motifs is 2. The molecule has 5 aromatic rings. The molecule has 0 spiro atoms. The first-order chi connectivity index (χ1) is 16.2. The maximum Gasteiger partial charge on any atom is 0.335 e. The smallest absolute Gasteiger partial charge is 0.335 e. The zero-order valence-corrected chi connectivity index (χ0v) is 17.9. The molecule has 0 aliphatic carbocycles. The van der Waals surface area contributed by atoms with Gasteiger partial charge in [0.05, 0.1) is 23.4 Å². The molecule has 6 rings (SSSR count). The Morgan fingerprint density at radius 2 is 1.76 bits per heavy atom. The molecule has 0 amide bonds. The van der Waals surface area contributed by atoms with Gasteiger partial charge in [0.1, 0.15) is 6.33 Å². The molecule has 0 atom stereocenters. The highest BCUT2D eigenvalue weighted by molar-refractivity contribution is 5.99. The van der Waals surface area contributed by atoms with E-state index in [1.807, 2.05) is 41.1 Å². The van der Waals surface area contributed by atoms with Crippen LogP contribution in [0.1, 0.15) is 23.2 Å². The Balaban J connectivity index is 1.39. The Hall–Kier alpha value is -4.04. The third-order valence-electron chi connectivity index (χ3n) is 6.33. The highest BCUT2D eigenvalue weighted by Gasteiger charge is 2.17. The van der Waals surface area contributed by atoms with Gasteiger partial charge >= 0.3 is 5.97 Å². The summed E-state index contributed by atoms with van der Waals surface area (Å²) >= 11 is 0. The number of benzene rings is 3. The van der Waals surface area contributed by atoms with E-state index in [0.717, 1.165) is 64.1 Å². The van der Waals surface area contributed by atoms with Crippen molar-refractivity contribution >= 4 is 27.6 Å². The number of hydrogen-bond acceptors (Lipinski definition) is 5. The lowest BCUT2D eigenvalue weighted by molar-refractivity contribution is 0.0697. The molecule has 0 bridgehead atoms. The van der Waals surface area contributed by atoms with Crippen molar-refractivity contribution in [3.63, 3.8) is 0 Å². The first kappa shape index (κ1) is 19.6. The van der Waals surface area contributed by atoms with Crippen molar-refractivity contribution in [3.8, 4) is 22.6 Å². The Morgan fingerprint density at radius 1 is 0.970 bits per heavy atom. The molecule has 164 valence electrons. The molecule has 1 saturated heterocycles. The number of carboxylic acids is 1. The number of nitrogens with one attached hydrogen (secondary N) is 1. The zero-order chi connectivity index (χ0) is 22.4. The summed E-state index contributed by atoms with van der Waals surface area (Å²) in [5, 5.41) is 24.3. The van der Waals surface area contributed by atoms with Crippen molar-refractivity contribution in [2.24, 2.45) is 0 Å². The molecule has 3 aromatic carbocycles. The fraction of sp³-hybridized carbons (Fsp3) is 0.200. The van der Waals surface area contributed by atoms with Gasteiger partial charge in [-0.15, -0.1) is 0 Å². The molecular formula is C25H22N6O2. The summed E-state index contributed by atoms with van der Waals surface area (Å²) in [6.07, 6.45) is 4.08. The molecule has 1 aliphatic heterocycles. The Bertz CT molecular complexity index is 1500. The van der Waals surface area contributed by atoms with Crippen LogP contribution in [0.3, 0.4) is 0 Å². The minimum absolute atomic E-state index is 0.281. The Kier molecular flexibility index (Phi) is 4.66. The number of hydrogen-bond donors (Lipinski definition) is 2. The molecule has 33 heavy (non-hydrogen) atoms. The average Bonchev–Trinajstić information content (AvgIpc) is 3.59. The van der Waals surface area contributed by atoms with Crippen LogP contribution in [0.4, 0.5) is 0 Å². The molecule has 1 fully saturated rings. The summed E-state index contributed by atoms with van der Waals surface area (Å²) in [6.45, 7) is 2.94. The predicted molar refractivity (Wildman–Crippen MR) is 126 cm³/mol. The van der Waals surface area contributed by atoms with Crippen molar-refractivity contribution in [2.45, 2.75) is 19.5 Å². The number of H-pyrrole nitrogens is 1. The summed E-state index contributed by atoms with van der Waals surface area (Å²) in [5.41, 5.74) is 4.03. The number of carboxylic acid groups (broad SMARTS) is 1. The largest absolute Gasteiger partial charge is 0.478 e. The van der Waals surface area contributed by atoms with E-state index in [0.29, 0.717) is 0 Å². The number of nitrogens with zero attached hydrogens (tertiary/aromatic N) is 5. The third kappa shape index (κ3) is 3.54. The van der Waals surface area contributed by atoms with Gasteiger partial charge in [-0.2, -0.15) is 10.2 Å². The molecule has 3 heterocycles. The summed E-state index contributed by atoms with van der Waals surface area (Å²) < 4.78 is 1.96. The number of aromatic nitrogens is 5. The summed E-state index contributed by atoms with van der Waals surface area (Å²) in [5.74, 6) is -0.0833. The van der Waals surface area contributed by atoms with Gasteiger partial charge in [-0.1, -0.05) is 18.2 Å². The summed E-state index contributed by atoms with van der Waals surface area (Å²) in [4.78, 5) is 18.2. The van der Waals surface area contributed by atoms with Crippen LogP contribution in [-0.2, 0) is 6.67 Å². The highest BCUT2D eigenvalue weighted by atomic mass is 16.4. The molecule has 0 radical (unpaired) electrons. The maximum absolute atomic E-state index is 11.3. The van der Waals surface area contributed by atoms with Crippen molar-refractivity contribution < 1.29 is 9.90 Å². The second-order valence-electron chi connectivity index (χ2n) is 8.46. The van der Waals surface area contributed by atoms with Crippen LogP contribution in [0, 0.1) is 0 Å². The van der Waals surface area contributed by atoms with Gasteiger partial charge in [-0.3, -0.25) is 10.00 Å². The van der Waals surface area contributed by atoms with E-state index in [1.54, 1.807) is 18.5 Å². The van der Waals surface area contributed by atoms with E-state index in [2.05, 4.69) is 31.2 Å². The monoisotopic (exact) mass is 438 g/mol. The fourth-order valence-electron chi connectivity index (χ4n) is 4.60. The van der Waals surface area contributed by atoms with Crippen LogP contribution in [0.15, 0.2) is 60.9 Å². The maximum atomic E-state index is 11.3. The van der Waals surface area contributed by atoms with E-state index in [4.69, 9.17) is 0 Å². The topological polar surface area (TPSA) is 99.9 Å². The number of likely N-dealkylation sites (tertiary alicyclic amines) is 1. The van der Waals surface area contributed by atoms with Crippen LogP contribution in [0.25, 0.3) is 44.3 Å². The standard InChI is InChI=1S/C25H22N6O2/c32-25(33)20-6-4-16-11-18(5-3-17(16)12-20)23-21-13-19(7-8-22(21)28-29-23)24-26-14-27-31(24)15-30-9-1-2-10-30/h3-8,11-14H,1-2,9-10,15H2,(H,28,29)(H,32,33). The van der Waals surface area contributed by atoms with Gasteiger partial charge in [0.15, 0.2) is 5.82 Å². The number of aromatic carboxylic acids is 1. The quantitative estimate of drug-likeness (QED) is 0.422. The van der Waals surface area contributed by atoms with Gasteiger partial charge in [0.2, 0.25) is 0 Å². The molecule has 8 nitrogen and oxygen atoms in total. The van der Waals surface area contributed by atoms with E-state index in [9.17, 15) is 9.90 Å². The summed E-state index contributed by atoms with van der Waals surface area (Å²) in [7, 11) is 0. The lowest BCUT2D eigenvalue weighted by Gasteiger charge is -2.15. The Labute approximate surface area is 189 Å². The SMILES string of the molecule is O=C(O)c1ccc2cc(-c3n[nH]c4ccc(-c5ncnn5CN5CCCC5)cc34)ccc2c1. The van der Waals surface area contributed by atoms with Crippen molar-refractivity contribution in [3.05, 3.63) is 66.5 Å². The van der Waals surface area contributed by atoms with Crippen molar-refractivity contribution in [2.75, 3.05) is 13.1 Å². The van der Waals surface area contributed by atoms with Gasteiger partial charge in [-0.05, 0) is 73.1 Å². The van der Waals surface area contributed by atoms with Crippen LogP contribution >= 0.6 is 0 Å². The van der Waals surface area contributed by atoms with E-state index >= 15 is 0 Å². The lowest BCUT2D eigenvalue weighted by Crippen LogP contribution is -2.24. The molecule has 2 N–H and O–H groups in total. The molecule has 1 aliphatic rings. The lowest BCUT2D eigenvalue weighted by atomic mass is 10.0. The molecule has 2 aromatic heterocycles. The van der Waals surface area contributed by atoms with E-state index in [1.165, 1.54) is 12.8 Å².